The third-order valence-electron chi connectivity index (χ3n) is 3.06. The molecule has 0 aromatic heterocycles. The zero-order valence-electron chi connectivity index (χ0n) is 9.35. The highest BCUT2D eigenvalue weighted by Crippen LogP contribution is 2.31. The Morgan fingerprint density at radius 2 is 2.17 bits per heavy atom. The number of carbonyl (C=O) groups excluding carboxylic acids is 2. The molecule has 2 rings (SSSR count). The molecule has 2 atom stereocenters. The summed E-state index contributed by atoms with van der Waals surface area (Å²) in [4.78, 5) is 24.1. The maximum absolute atomic E-state index is 11.9. The number of carbonyl (C=O) groups is 2. The molecule has 2 aliphatic rings. The lowest BCUT2D eigenvalue weighted by atomic mass is 9.98. The molecule has 18 heavy (non-hydrogen) atoms. The molecule has 0 aliphatic carbocycles. The van der Waals surface area contributed by atoms with Gasteiger partial charge in [-0.3, -0.25) is 9.35 Å². The van der Waals surface area contributed by atoms with Gasteiger partial charge >= 0.3 is 16.4 Å². The van der Waals surface area contributed by atoms with Gasteiger partial charge in [0.1, 0.15) is 0 Å². The second kappa shape index (κ2) is 4.37. The molecule has 2 aliphatic heterocycles. The molecule has 10 heteroatoms. The van der Waals surface area contributed by atoms with Crippen LogP contribution in [0.2, 0.25) is 0 Å². The van der Waals surface area contributed by atoms with Gasteiger partial charge in [0.25, 0.3) is 0 Å². The molecule has 0 saturated carbocycles. The lowest BCUT2D eigenvalue weighted by molar-refractivity contribution is -0.119. The van der Waals surface area contributed by atoms with Gasteiger partial charge in [0.05, 0.1) is 6.04 Å². The summed E-state index contributed by atoms with van der Waals surface area (Å²) in [6.45, 7) is 0.256. The summed E-state index contributed by atoms with van der Waals surface area (Å²) in [5.74, 6) is -0.527. The van der Waals surface area contributed by atoms with Crippen molar-refractivity contribution in [3.05, 3.63) is 0 Å². The summed E-state index contributed by atoms with van der Waals surface area (Å²) in [5, 5.41) is 0.635. The molecule has 0 aromatic rings. The van der Waals surface area contributed by atoms with Crippen LogP contribution in [0.1, 0.15) is 19.3 Å². The first-order chi connectivity index (χ1) is 8.28. The third-order valence-corrected chi connectivity index (χ3v) is 3.41. The topological polar surface area (TPSA) is 130 Å². The average molecular weight is 279 g/mol. The zero-order chi connectivity index (χ0) is 13.5. The van der Waals surface area contributed by atoms with Crippen LogP contribution >= 0.6 is 0 Å². The standard InChI is InChI=1S/C8H13N3O6S/c9-7(12)3-5-1-2-6-4-10(5)8(13)11(6)17-18(14,15)16/h5-6H,1-4H2,(H2,9,12)(H,14,15,16)/t5-,6-/m1/s1. The Kier molecular flexibility index (Phi) is 3.17. The van der Waals surface area contributed by atoms with Crippen LogP contribution in [0.25, 0.3) is 0 Å². The van der Waals surface area contributed by atoms with Crippen LogP contribution in [0.3, 0.4) is 0 Å². The molecule has 9 nitrogen and oxygen atoms in total. The van der Waals surface area contributed by atoms with Gasteiger partial charge in [-0.1, -0.05) is 0 Å². The van der Waals surface area contributed by atoms with Crippen LogP contribution in [0.5, 0.6) is 0 Å². The van der Waals surface area contributed by atoms with Crippen LogP contribution in [-0.4, -0.2) is 53.5 Å². The Labute approximate surface area is 103 Å². The minimum Gasteiger partial charge on any atom is -0.370 e. The van der Waals surface area contributed by atoms with Crippen molar-refractivity contribution in [2.45, 2.75) is 31.3 Å². The first kappa shape index (κ1) is 13.1. The van der Waals surface area contributed by atoms with Crippen molar-refractivity contribution >= 4 is 22.3 Å². The highest BCUT2D eigenvalue weighted by molar-refractivity contribution is 7.80. The van der Waals surface area contributed by atoms with Crippen LogP contribution in [0.15, 0.2) is 0 Å². The Hall–Kier alpha value is -1.39. The van der Waals surface area contributed by atoms with E-state index < -0.39 is 28.4 Å². The van der Waals surface area contributed by atoms with Crippen LogP contribution in [0, 0.1) is 0 Å². The van der Waals surface area contributed by atoms with E-state index in [4.69, 9.17) is 10.3 Å². The molecule has 0 radical (unpaired) electrons. The fourth-order valence-electron chi connectivity index (χ4n) is 2.36. The van der Waals surface area contributed by atoms with Crippen LogP contribution in [-0.2, 0) is 19.5 Å². The van der Waals surface area contributed by atoms with Crippen molar-refractivity contribution in [3.63, 3.8) is 0 Å². The molecule has 2 heterocycles. The molecule has 2 bridgehead atoms. The number of hydroxylamine groups is 2. The maximum atomic E-state index is 11.9. The van der Waals surface area contributed by atoms with Gasteiger partial charge in [0, 0.05) is 19.0 Å². The van der Waals surface area contributed by atoms with Gasteiger partial charge in [0.15, 0.2) is 0 Å². The molecule has 3 amide bonds. The van der Waals surface area contributed by atoms with Crippen molar-refractivity contribution in [3.8, 4) is 0 Å². The molecular weight excluding hydrogens is 266 g/mol. The first-order valence-corrected chi connectivity index (χ1v) is 6.69. The van der Waals surface area contributed by atoms with Crippen LogP contribution in [0.4, 0.5) is 4.79 Å². The lowest BCUT2D eigenvalue weighted by Gasteiger charge is -2.29. The molecule has 102 valence electrons. The Balaban J connectivity index is 2.12. The third kappa shape index (κ3) is 2.54. The average Bonchev–Trinajstić information content (AvgIpc) is 2.45. The molecule has 0 unspecified atom stereocenters. The number of primary amides is 1. The molecular formula is C8H13N3O6S. The van der Waals surface area contributed by atoms with Gasteiger partial charge in [-0.25, -0.2) is 4.79 Å². The number of nitrogens with zero attached hydrogens (tertiary/aromatic N) is 2. The maximum Gasteiger partial charge on any atom is 0.418 e. The monoisotopic (exact) mass is 279 g/mol. The van der Waals surface area contributed by atoms with Crippen molar-refractivity contribution < 1.29 is 26.8 Å². The molecule has 2 fully saturated rings. The van der Waals surface area contributed by atoms with Gasteiger partial charge in [0.2, 0.25) is 5.91 Å². The predicted octanol–water partition coefficient (Wildman–Crippen LogP) is -1.14. The van der Waals surface area contributed by atoms with Crippen molar-refractivity contribution in [2.75, 3.05) is 6.54 Å². The largest absolute Gasteiger partial charge is 0.418 e. The van der Waals surface area contributed by atoms with E-state index in [1.807, 2.05) is 0 Å². The minimum absolute atomic E-state index is 0.0260. The summed E-state index contributed by atoms with van der Waals surface area (Å²) in [6, 6.07) is -1.47. The number of hydrogen-bond donors (Lipinski definition) is 2. The number of rotatable bonds is 4. The molecule has 0 aromatic carbocycles. The minimum atomic E-state index is -4.73. The fraction of sp³-hybridized carbons (Fsp3) is 0.750. The van der Waals surface area contributed by atoms with E-state index in [2.05, 4.69) is 4.28 Å². The fourth-order valence-corrected chi connectivity index (χ4v) is 2.74. The summed E-state index contributed by atoms with van der Waals surface area (Å²) in [5.41, 5.74) is 5.08. The van der Waals surface area contributed by atoms with Gasteiger partial charge in [-0.15, -0.1) is 4.28 Å². The molecule has 3 N–H and O–H groups in total. The number of piperidine rings is 1. The van der Waals surface area contributed by atoms with E-state index in [1.54, 1.807) is 0 Å². The van der Waals surface area contributed by atoms with Gasteiger partial charge in [-0.05, 0) is 12.8 Å². The number of urea groups is 1. The normalized spacial score (nSPS) is 27.7. The van der Waals surface area contributed by atoms with Crippen LogP contribution < -0.4 is 5.73 Å². The molecule has 0 spiro atoms. The SMILES string of the molecule is NC(=O)C[C@H]1CC[C@@H]2CN1C(=O)N2OS(=O)(=O)O. The van der Waals surface area contributed by atoms with E-state index in [9.17, 15) is 18.0 Å². The summed E-state index contributed by atoms with van der Waals surface area (Å²) in [6.07, 6.45) is 1.04. The highest BCUT2D eigenvalue weighted by Gasteiger charge is 2.47. The number of amides is 3. The van der Waals surface area contributed by atoms with E-state index in [0.717, 1.165) is 0 Å². The molecule has 2 saturated heterocycles. The van der Waals surface area contributed by atoms with Crippen molar-refractivity contribution in [1.29, 1.82) is 0 Å². The number of fused-ring (bicyclic) bond motifs is 2. The second-order valence-electron chi connectivity index (χ2n) is 4.32. The van der Waals surface area contributed by atoms with E-state index in [1.165, 1.54) is 4.90 Å². The Morgan fingerprint density at radius 1 is 1.50 bits per heavy atom. The van der Waals surface area contributed by atoms with Gasteiger partial charge in [-0.2, -0.15) is 13.5 Å². The smallest absolute Gasteiger partial charge is 0.370 e. The van der Waals surface area contributed by atoms with E-state index >= 15 is 0 Å². The first-order valence-electron chi connectivity index (χ1n) is 5.33. The second-order valence-corrected chi connectivity index (χ2v) is 5.32. The van der Waals surface area contributed by atoms with Crippen molar-refractivity contribution in [2.24, 2.45) is 5.73 Å². The highest BCUT2D eigenvalue weighted by atomic mass is 32.3. The van der Waals surface area contributed by atoms with Crippen molar-refractivity contribution in [1.82, 2.24) is 9.96 Å². The Morgan fingerprint density at radius 3 is 2.72 bits per heavy atom. The van der Waals surface area contributed by atoms with E-state index in [-0.39, 0.29) is 19.0 Å². The summed E-state index contributed by atoms with van der Waals surface area (Å²) >= 11 is 0. The zero-order valence-corrected chi connectivity index (χ0v) is 10.2. The number of hydrogen-bond acceptors (Lipinski definition) is 5. The quantitative estimate of drug-likeness (QED) is 0.626. The predicted molar refractivity (Wildman–Crippen MR) is 57.2 cm³/mol. The lowest BCUT2D eigenvalue weighted by Crippen LogP contribution is -2.42. The van der Waals surface area contributed by atoms with E-state index in [0.29, 0.717) is 17.9 Å². The number of nitrogens with two attached hydrogens (primary N) is 1. The summed E-state index contributed by atoms with van der Waals surface area (Å²) < 4.78 is 34.1. The summed E-state index contributed by atoms with van der Waals surface area (Å²) in [7, 11) is -4.73. The Bertz CT molecular complexity index is 477. The van der Waals surface area contributed by atoms with Gasteiger partial charge < -0.3 is 10.6 Å².